The van der Waals surface area contributed by atoms with E-state index in [1.807, 2.05) is 25.8 Å². The van der Waals surface area contributed by atoms with E-state index in [0.717, 1.165) is 12.2 Å². The third kappa shape index (κ3) is 3.27. The predicted molar refractivity (Wildman–Crippen MR) is 71.1 cm³/mol. The van der Waals surface area contributed by atoms with E-state index in [0.29, 0.717) is 31.0 Å². The lowest BCUT2D eigenvalue weighted by atomic mass is 10.1. The number of morpholine rings is 1. The smallest absolute Gasteiger partial charge is 0.256 e. The lowest BCUT2D eigenvalue weighted by Gasteiger charge is -2.33. The van der Waals surface area contributed by atoms with Crippen molar-refractivity contribution in [3.63, 3.8) is 0 Å². The second kappa shape index (κ2) is 6.08. The van der Waals surface area contributed by atoms with Crippen LogP contribution in [0.4, 0.5) is 0 Å². The molecule has 1 aromatic rings. The Balaban J connectivity index is 2.12. The van der Waals surface area contributed by atoms with Crippen molar-refractivity contribution in [2.75, 3.05) is 33.3 Å². The third-order valence-corrected chi connectivity index (χ3v) is 3.19. The van der Waals surface area contributed by atoms with Gasteiger partial charge in [-0.25, -0.2) is 0 Å². The molecule has 0 aliphatic carbocycles. The number of aromatic nitrogens is 2. The van der Waals surface area contributed by atoms with Gasteiger partial charge in [-0.2, -0.15) is 10.2 Å². The first-order valence-corrected chi connectivity index (χ1v) is 6.48. The highest BCUT2D eigenvalue weighted by molar-refractivity contribution is 5.95. The van der Waals surface area contributed by atoms with Crippen molar-refractivity contribution in [2.45, 2.75) is 20.0 Å². The van der Waals surface area contributed by atoms with Gasteiger partial charge in [-0.15, -0.1) is 0 Å². The molecule has 0 saturated carbocycles. The zero-order valence-corrected chi connectivity index (χ0v) is 11.6. The van der Waals surface area contributed by atoms with Crippen molar-refractivity contribution in [3.8, 4) is 0 Å². The summed E-state index contributed by atoms with van der Waals surface area (Å²) in [5.41, 5.74) is 2.07. The van der Waals surface area contributed by atoms with Gasteiger partial charge in [-0.3, -0.25) is 4.79 Å². The number of aryl methyl sites for hydroxylation is 2. The molecule has 6 heteroatoms. The molecule has 1 unspecified atom stereocenters. The van der Waals surface area contributed by atoms with Gasteiger partial charge in [-0.05, 0) is 27.0 Å². The third-order valence-electron chi connectivity index (χ3n) is 3.19. The molecular weight excluding hydrogens is 244 g/mol. The van der Waals surface area contributed by atoms with Crippen molar-refractivity contribution in [1.82, 2.24) is 20.4 Å². The van der Waals surface area contributed by atoms with Gasteiger partial charge < -0.3 is 15.0 Å². The minimum atomic E-state index is 0.0138. The van der Waals surface area contributed by atoms with Gasteiger partial charge in [0, 0.05) is 19.6 Å². The molecule has 2 rings (SSSR count). The standard InChI is InChI=1S/C13H20N4O2/c1-9-6-12(10(2)16-15-9)13(18)17-4-5-19-11(8-17)7-14-3/h6,11,14H,4-5,7-8H2,1-3H3. The van der Waals surface area contributed by atoms with Crippen LogP contribution in [0.2, 0.25) is 0 Å². The summed E-state index contributed by atoms with van der Waals surface area (Å²) in [4.78, 5) is 14.3. The number of nitrogens with one attached hydrogen (secondary N) is 1. The molecule has 1 aromatic heterocycles. The van der Waals surface area contributed by atoms with E-state index < -0.39 is 0 Å². The number of ether oxygens (including phenoxy) is 1. The number of rotatable bonds is 3. The Labute approximate surface area is 113 Å². The first-order chi connectivity index (χ1) is 9.11. The molecule has 2 heterocycles. The summed E-state index contributed by atoms with van der Waals surface area (Å²) in [5, 5.41) is 11.0. The fourth-order valence-electron chi connectivity index (χ4n) is 2.19. The zero-order chi connectivity index (χ0) is 13.8. The highest BCUT2D eigenvalue weighted by Gasteiger charge is 2.25. The Morgan fingerprint density at radius 2 is 2.32 bits per heavy atom. The minimum absolute atomic E-state index is 0.0138. The van der Waals surface area contributed by atoms with Crippen molar-refractivity contribution in [2.24, 2.45) is 0 Å². The van der Waals surface area contributed by atoms with Crippen LogP contribution in [-0.2, 0) is 4.74 Å². The van der Waals surface area contributed by atoms with Crippen molar-refractivity contribution in [1.29, 1.82) is 0 Å². The number of hydrogen-bond acceptors (Lipinski definition) is 5. The molecule has 1 aliphatic rings. The maximum atomic E-state index is 12.5. The summed E-state index contributed by atoms with van der Waals surface area (Å²) in [5.74, 6) is 0.0138. The number of hydrogen-bond donors (Lipinski definition) is 1. The lowest BCUT2D eigenvalue weighted by molar-refractivity contribution is -0.0196. The molecule has 1 saturated heterocycles. The van der Waals surface area contributed by atoms with Crippen molar-refractivity contribution in [3.05, 3.63) is 23.0 Å². The fourth-order valence-corrected chi connectivity index (χ4v) is 2.19. The van der Waals surface area contributed by atoms with Crippen molar-refractivity contribution >= 4 is 5.91 Å². The maximum absolute atomic E-state index is 12.5. The Bertz CT molecular complexity index is 462. The van der Waals surface area contributed by atoms with E-state index in [1.165, 1.54) is 0 Å². The molecular formula is C13H20N4O2. The summed E-state index contributed by atoms with van der Waals surface area (Å²) >= 11 is 0. The zero-order valence-electron chi connectivity index (χ0n) is 11.6. The minimum Gasteiger partial charge on any atom is -0.373 e. The summed E-state index contributed by atoms with van der Waals surface area (Å²) < 4.78 is 5.60. The molecule has 0 aromatic carbocycles. The van der Waals surface area contributed by atoms with E-state index in [9.17, 15) is 4.79 Å². The Hall–Kier alpha value is -1.53. The van der Waals surface area contributed by atoms with Gasteiger partial charge in [0.15, 0.2) is 0 Å². The molecule has 1 fully saturated rings. The average Bonchev–Trinajstić information content (AvgIpc) is 2.41. The monoisotopic (exact) mass is 264 g/mol. The molecule has 19 heavy (non-hydrogen) atoms. The topological polar surface area (TPSA) is 67.4 Å². The number of nitrogens with zero attached hydrogens (tertiary/aromatic N) is 3. The summed E-state index contributed by atoms with van der Waals surface area (Å²) in [6, 6.07) is 1.80. The van der Waals surface area contributed by atoms with Gasteiger partial charge in [-0.1, -0.05) is 0 Å². The van der Waals surface area contributed by atoms with Crippen LogP contribution in [-0.4, -0.2) is 60.4 Å². The van der Waals surface area contributed by atoms with Gasteiger partial charge in [0.2, 0.25) is 0 Å². The quantitative estimate of drug-likeness (QED) is 0.842. The van der Waals surface area contributed by atoms with E-state index in [2.05, 4.69) is 15.5 Å². The van der Waals surface area contributed by atoms with Crippen LogP contribution in [0.3, 0.4) is 0 Å². The highest BCUT2D eigenvalue weighted by Crippen LogP contribution is 2.13. The summed E-state index contributed by atoms with van der Waals surface area (Å²) in [7, 11) is 1.88. The average molecular weight is 264 g/mol. The highest BCUT2D eigenvalue weighted by atomic mass is 16.5. The number of amides is 1. The molecule has 1 aliphatic heterocycles. The number of likely N-dealkylation sites (N-methyl/N-ethyl adjacent to an activating group) is 1. The van der Waals surface area contributed by atoms with Crippen LogP contribution < -0.4 is 5.32 Å². The molecule has 6 nitrogen and oxygen atoms in total. The van der Waals surface area contributed by atoms with Crippen LogP contribution >= 0.6 is 0 Å². The Kier molecular flexibility index (Phi) is 4.44. The molecule has 0 bridgehead atoms. The predicted octanol–water partition coefficient (Wildman–Crippen LogP) is 0.154. The molecule has 104 valence electrons. The second-order valence-electron chi connectivity index (χ2n) is 4.79. The van der Waals surface area contributed by atoms with Gasteiger partial charge >= 0.3 is 0 Å². The number of carbonyl (C=O) groups excluding carboxylic acids is 1. The first kappa shape index (κ1) is 13.9. The summed E-state index contributed by atoms with van der Waals surface area (Å²) in [6.07, 6.45) is 0.0545. The van der Waals surface area contributed by atoms with Crippen LogP contribution in [0.5, 0.6) is 0 Å². The first-order valence-electron chi connectivity index (χ1n) is 6.48. The summed E-state index contributed by atoms with van der Waals surface area (Å²) in [6.45, 7) is 6.21. The van der Waals surface area contributed by atoms with Gasteiger partial charge in [0.05, 0.1) is 29.7 Å². The normalized spacial score (nSPS) is 19.5. The Morgan fingerprint density at radius 3 is 3.05 bits per heavy atom. The largest absolute Gasteiger partial charge is 0.373 e. The molecule has 0 spiro atoms. The van der Waals surface area contributed by atoms with Crippen LogP contribution in [0.15, 0.2) is 6.07 Å². The van der Waals surface area contributed by atoms with E-state index in [4.69, 9.17) is 4.74 Å². The van der Waals surface area contributed by atoms with Gasteiger partial charge in [0.1, 0.15) is 0 Å². The molecule has 0 radical (unpaired) electrons. The van der Waals surface area contributed by atoms with Crippen LogP contribution in [0.25, 0.3) is 0 Å². The van der Waals surface area contributed by atoms with E-state index in [-0.39, 0.29) is 12.0 Å². The molecule has 1 N–H and O–H groups in total. The van der Waals surface area contributed by atoms with Gasteiger partial charge in [0.25, 0.3) is 5.91 Å². The SMILES string of the molecule is CNCC1CN(C(=O)c2cc(C)nnc2C)CCO1. The maximum Gasteiger partial charge on any atom is 0.256 e. The molecule has 1 atom stereocenters. The van der Waals surface area contributed by atoms with Crippen LogP contribution in [0.1, 0.15) is 21.7 Å². The number of carbonyl (C=O) groups is 1. The van der Waals surface area contributed by atoms with Crippen molar-refractivity contribution < 1.29 is 9.53 Å². The Morgan fingerprint density at radius 1 is 1.53 bits per heavy atom. The van der Waals surface area contributed by atoms with E-state index >= 15 is 0 Å². The van der Waals surface area contributed by atoms with E-state index in [1.54, 1.807) is 6.07 Å². The lowest BCUT2D eigenvalue weighted by Crippen LogP contribution is -2.48. The molecule has 1 amide bonds. The van der Waals surface area contributed by atoms with Crippen LogP contribution in [0, 0.1) is 13.8 Å². The fraction of sp³-hybridized carbons (Fsp3) is 0.615. The second-order valence-corrected chi connectivity index (χ2v) is 4.79.